The number of carbonyl (C=O) groups excluding carboxylic acids is 1. The zero-order chi connectivity index (χ0) is 17.6. The van der Waals surface area contributed by atoms with Crippen molar-refractivity contribution in [2.75, 3.05) is 11.9 Å². The Labute approximate surface area is 146 Å². The van der Waals surface area contributed by atoms with Crippen LogP contribution in [-0.4, -0.2) is 27.3 Å². The SMILES string of the molecule is CCOC(=O)c1ccc(NC(C)c2ccccc2-n2cccn2)nc1. The first-order chi connectivity index (χ1) is 12.2. The van der Waals surface area contributed by atoms with Crippen molar-refractivity contribution in [1.82, 2.24) is 14.8 Å². The van der Waals surface area contributed by atoms with Crippen molar-refractivity contribution in [1.29, 1.82) is 0 Å². The summed E-state index contributed by atoms with van der Waals surface area (Å²) in [6, 6.07) is 13.5. The lowest BCUT2D eigenvalue weighted by atomic mass is 10.1. The van der Waals surface area contributed by atoms with Gasteiger partial charge >= 0.3 is 5.97 Å². The first-order valence-electron chi connectivity index (χ1n) is 8.17. The first-order valence-corrected chi connectivity index (χ1v) is 8.17. The molecule has 0 bridgehead atoms. The largest absolute Gasteiger partial charge is 0.462 e. The van der Waals surface area contributed by atoms with Crippen LogP contribution in [0.4, 0.5) is 5.82 Å². The van der Waals surface area contributed by atoms with Crippen molar-refractivity contribution < 1.29 is 9.53 Å². The van der Waals surface area contributed by atoms with E-state index in [1.807, 2.05) is 35.1 Å². The fourth-order valence-corrected chi connectivity index (χ4v) is 2.59. The number of nitrogens with zero attached hydrogens (tertiary/aromatic N) is 3. The molecule has 0 amide bonds. The molecule has 2 aromatic heterocycles. The van der Waals surface area contributed by atoms with Crippen LogP contribution in [0, 0.1) is 0 Å². The summed E-state index contributed by atoms with van der Waals surface area (Å²) >= 11 is 0. The predicted molar refractivity (Wildman–Crippen MR) is 95.8 cm³/mol. The highest BCUT2D eigenvalue weighted by molar-refractivity contribution is 5.89. The average molecular weight is 336 g/mol. The molecule has 3 aromatic rings. The van der Waals surface area contributed by atoms with E-state index in [-0.39, 0.29) is 12.0 Å². The molecular weight excluding hydrogens is 316 g/mol. The summed E-state index contributed by atoms with van der Waals surface area (Å²) in [5, 5.41) is 7.66. The van der Waals surface area contributed by atoms with Crippen LogP contribution in [-0.2, 0) is 4.74 Å². The van der Waals surface area contributed by atoms with Gasteiger partial charge in [0.15, 0.2) is 0 Å². The lowest BCUT2D eigenvalue weighted by Gasteiger charge is -2.18. The van der Waals surface area contributed by atoms with Gasteiger partial charge in [0.2, 0.25) is 0 Å². The molecule has 0 aliphatic heterocycles. The number of rotatable bonds is 6. The molecule has 1 aromatic carbocycles. The van der Waals surface area contributed by atoms with E-state index in [0.717, 1.165) is 11.3 Å². The molecule has 6 heteroatoms. The molecule has 1 atom stereocenters. The number of pyridine rings is 1. The monoisotopic (exact) mass is 336 g/mol. The third kappa shape index (κ3) is 3.85. The molecule has 25 heavy (non-hydrogen) atoms. The Balaban J connectivity index is 1.77. The Morgan fingerprint density at radius 3 is 2.76 bits per heavy atom. The number of carbonyl (C=O) groups is 1. The van der Waals surface area contributed by atoms with E-state index in [0.29, 0.717) is 18.0 Å². The maximum atomic E-state index is 11.7. The van der Waals surface area contributed by atoms with Crippen LogP contribution < -0.4 is 5.32 Å². The van der Waals surface area contributed by atoms with Crippen molar-refractivity contribution in [2.45, 2.75) is 19.9 Å². The van der Waals surface area contributed by atoms with Crippen LogP contribution in [0.1, 0.15) is 35.8 Å². The third-order valence-corrected chi connectivity index (χ3v) is 3.79. The number of para-hydroxylation sites is 1. The van der Waals surface area contributed by atoms with Crippen LogP contribution in [0.25, 0.3) is 5.69 Å². The number of aromatic nitrogens is 3. The van der Waals surface area contributed by atoms with Gasteiger partial charge in [-0.25, -0.2) is 14.5 Å². The number of esters is 1. The van der Waals surface area contributed by atoms with E-state index in [9.17, 15) is 4.79 Å². The molecule has 128 valence electrons. The number of hydrogen-bond donors (Lipinski definition) is 1. The molecular formula is C19H20N4O2. The van der Waals surface area contributed by atoms with Gasteiger partial charge in [-0.1, -0.05) is 18.2 Å². The number of benzene rings is 1. The summed E-state index contributed by atoms with van der Waals surface area (Å²) in [6.45, 7) is 4.18. The van der Waals surface area contributed by atoms with E-state index < -0.39 is 0 Å². The fourth-order valence-electron chi connectivity index (χ4n) is 2.59. The highest BCUT2D eigenvalue weighted by Crippen LogP contribution is 2.24. The molecule has 0 saturated heterocycles. The van der Waals surface area contributed by atoms with Crippen molar-refractivity contribution >= 4 is 11.8 Å². The van der Waals surface area contributed by atoms with Crippen molar-refractivity contribution in [3.05, 3.63) is 72.2 Å². The van der Waals surface area contributed by atoms with E-state index in [1.54, 1.807) is 25.3 Å². The second-order valence-electron chi connectivity index (χ2n) is 5.53. The second kappa shape index (κ2) is 7.61. The van der Waals surface area contributed by atoms with Crippen LogP contribution in [0.3, 0.4) is 0 Å². The summed E-state index contributed by atoms with van der Waals surface area (Å²) < 4.78 is 6.80. The second-order valence-corrected chi connectivity index (χ2v) is 5.53. The van der Waals surface area contributed by atoms with Gasteiger partial charge in [0.1, 0.15) is 5.82 Å². The molecule has 0 aliphatic carbocycles. The zero-order valence-electron chi connectivity index (χ0n) is 14.2. The Morgan fingerprint density at radius 2 is 2.08 bits per heavy atom. The third-order valence-electron chi connectivity index (χ3n) is 3.79. The molecule has 0 aliphatic rings. The minimum Gasteiger partial charge on any atom is -0.462 e. The molecule has 0 spiro atoms. The number of hydrogen-bond acceptors (Lipinski definition) is 5. The van der Waals surface area contributed by atoms with Crippen molar-refractivity contribution in [3.8, 4) is 5.69 Å². The Bertz CT molecular complexity index is 829. The van der Waals surface area contributed by atoms with Crippen LogP contribution in [0.15, 0.2) is 61.1 Å². The maximum Gasteiger partial charge on any atom is 0.339 e. The quantitative estimate of drug-likeness (QED) is 0.696. The van der Waals surface area contributed by atoms with Gasteiger partial charge in [-0.15, -0.1) is 0 Å². The van der Waals surface area contributed by atoms with E-state index in [1.165, 1.54) is 6.20 Å². The average Bonchev–Trinajstić information content (AvgIpc) is 3.17. The highest BCUT2D eigenvalue weighted by atomic mass is 16.5. The zero-order valence-corrected chi connectivity index (χ0v) is 14.2. The van der Waals surface area contributed by atoms with Gasteiger partial charge in [-0.2, -0.15) is 5.10 Å². The van der Waals surface area contributed by atoms with Gasteiger partial charge in [0.25, 0.3) is 0 Å². The van der Waals surface area contributed by atoms with Gasteiger partial charge in [-0.05, 0) is 43.7 Å². The van der Waals surface area contributed by atoms with Gasteiger partial charge in [0, 0.05) is 18.6 Å². The fraction of sp³-hybridized carbons (Fsp3) is 0.211. The van der Waals surface area contributed by atoms with E-state index in [4.69, 9.17) is 4.74 Å². The number of ether oxygens (including phenoxy) is 1. The number of nitrogens with one attached hydrogen (secondary N) is 1. The van der Waals surface area contributed by atoms with Gasteiger partial charge in [-0.3, -0.25) is 0 Å². The molecule has 0 fully saturated rings. The van der Waals surface area contributed by atoms with Crippen LogP contribution in [0.5, 0.6) is 0 Å². The summed E-state index contributed by atoms with van der Waals surface area (Å²) in [5.74, 6) is 0.328. The normalized spacial score (nSPS) is 11.8. The van der Waals surface area contributed by atoms with E-state index in [2.05, 4.69) is 28.4 Å². The predicted octanol–water partition coefficient (Wildman–Crippen LogP) is 3.62. The minimum absolute atomic E-state index is 0.0151. The Kier molecular flexibility index (Phi) is 5.09. The molecule has 3 rings (SSSR count). The van der Waals surface area contributed by atoms with Gasteiger partial charge < -0.3 is 10.1 Å². The van der Waals surface area contributed by atoms with Gasteiger partial charge in [0.05, 0.1) is 23.9 Å². The molecule has 2 heterocycles. The molecule has 1 N–H and O–H groups in total. The van der Waals surface area contributed by atoms with E-state index >= 15 is 0 Å². The minimum atomic E-state index is -0.362. The summed E-state index contributed by atoms with van der Waals surface area (Å²) in [4.78, 5) is 16.0. The topological polar surface area (TPSA) is 69.0 Å². The standard InChI is InChI=1S/C19H20N4O2/c1-3-25-19(24)15-9-10-18(20-13-15)22-14(2)16-7-4-5-8-17(16)23-12-6-11-21-23/h4-14H,3H2,1-2H3,(H,20,22). The lowest BCUT2D eigenvalue weighted by molar-refractivity contribution is 0.0526. The Morgan fingerprint density at radius 1 is 1.24 bits per heavy atom. The van der Waals surface area contributed by atoms with Crippen LogP contribution >= 0.6 is 0 Å². The lowest BCUT2D eigenvalue weighted by Crippen LogP contribution is -2.12. The van der Waals surface area contributed by atoms with Crippen molar-refractivity contribution in [2.24, 2.45) is 0 Å². The summed E-state index contributed by atoms with van der Waals surface area (Å²) in [7, 11) is 0. The Hall–Kier alpha value is -3.15. The van der Waals surface area contributed by atoms with Crippen molar-refractivity contribution in [3.63, 3.8) is 0 Å². The molecule has 0 radical (unpaired) electrons. The smallest absolute Gasteiger partial charge is 0.339 e. The first kappa shape index (κ1) is 16.7. The van der Waals surface area contributed by atoms with Crippen LogP contribution in [0.2, 0.25) is 0 Å². The molecule has 1 unspecified atom stereocenters. The highest BCUT2D eigenvalue weighted by Gasteiger charge is 2.13. The number of anilines is 1. The maximum absolute atomic E-state index is 11.7. The summed E-state index contributed by atoms with van der Waals surface area (Å²) in [5.41, 5.74) is 2.55. The summed E-state index contributed by atoms with van der Waals surface area (Å²) in [6.07, 6.45) is 5.19. The molecule has 6 nitrogen and oxygen atoms in total. The molecule has 0 saturated carbocycles.